The highest BCUT2D eigenvalue weighted by atomic mass is 35.5. The maximum absolute atomic E-state index is 12.5. The molecule has 28 heavy (non-hydrogen) atoms. The van der Waals surface area contributed by atoms with E-state index in [0.29, 0.717) is 34.7 Å². The first-order chi connectivity index (χ1) is 13.5. The zero-order valence-electron chi connectivity index (χ0n) is 15.4. The van der Waals surface area contributed by atoms with E-state index in [-0.39, 0.29) is 18.4 Å². The molecule has 1 aliphatic rings. The topological polar surface area (TPSA) is 111 Å². The van der Waals surface area contributed by atoms with Crippen LogP contribution in [-0.2, 0) is 9.59 Å². The predicted molar refractivity (Wildman–Crippen MR) is 106 cm³/mol. The fourth-order valence-corrected chi connectivity index (χ4v) is 2.88. The Balaban J connectivity index is 1.70. The third-order valence-electron chi connectivity index (χ3n) is 4.07. The monoisotopic (exact) mass is 401 g/mol. The largest absolute Gasteiger partial charge is 0.373 e. The van der Waals surface area contributed by atoms with Crippen LogP contribution in [0.4, 0.5) is 5.82 Å². The van der Waals surface area contributed by atoms with Crippen LogP contribution in [0.15, 0.2) is 48.2 Å². The van der Waals surface area contributed by atoms with Crippen molar-refractivity contribution in [3.63, 3.8) is 0 Å². The van der Waals surface area contributed by atoms with Crippen molar-refractivity contribution in [1.29, 1.82) is 0 Å². The Bertz CT molecular complexity index is 914. The molecule has 0 saturated heterocycles. The number of benzene rings is 1. The minimum absolute atomic E-state index is 0.0201. The van der Waals surface area contributed by atoms with Gasteiger partial charge in [-0.25, -0.2) is 4.98 Å². The number of amides is 2. The van der Waals surface area contributed by atoms with Gasteiger partial charge in [-0.05, 0) is 12.1 Å². The smallest absolute Gasteiger partial charge is 0.271 e. The van der Waals surface area contributed by atoms with E-state index in [2.05, 4.69) is 31.2 Å². The van der Waals surface area contributed by atoms with Crippen molar-refractivity contribution >= 4 is 29.2 Å². The SMILES string of the molecule is CNC(=O)C1=C(NC)NCN1CC(=O)Nc1cncc(-c2ccc(Cl)cc2)n1. The molecule has 10 heteroatoms. The van der Waals surface area contributed by atoms with Crippen molar-refractivity contribution in [2.45, 2.75) is 0 Å². The molecule has 1 aromatic carbocycles. The number of anilines is 1. The van der Waals surface area contributed by atoms with Crippen molar-refractivity contribution < 1.29 is 9.59 Å². The summed E-state index contributed by atoms with van der Waals surface area (Å²) in [7, 11) is 3.24. The summed E-state index contributed by atoms with van der Waals surface area (Å²) >= 11 is 5.91. The molecule has 0 spiro atoms. The lowest BCUT2D eigenvalue weighted by Gasteiger charge is -2.19. The second-order valence-electron chi connectivity index (χ2n) is 5.93. The second-order valence-corrected chi connectivity index (χ2v) is 6.37. The van der Waals surface area contributed by atoms with Crippen LogP contribution in [0.3, 0.4) is 0 Å². The van der Waals surface area contributed by atoms with E-state index in [1.54, 1.807) is 30.3 Å². The van der Waals surface area contributed by atoms with E-state index in [1.165, 1.54) is 13.2 Å². The number of likely N-dealkylation sites (N-methyl/N-ethyl adjacent to an activating group) is 1. The molecule has 146 valence electrons. The Hall–Kier alpha value is -3.33. The molecule has 9 nitrogen and oxygen atoms in total. The van der Waals surface area contributed by atoms with Crippen LogP contribution in [0.2, 0.25) is 5.02 Å². The van der Waals surface area contributed by atoms with Crippen LogP contribution in [0.5, 0.6) is 0 Å². The van der Waals surface area contributed by atoms with Gasteiger partial charge in [0.2, 0.25) is 5.91 Å². The molecular weight excluding hydrogens is 382 g/mol. The molecule has 0 bridgehead atoms. The average molecular weight is 402 g/mol. The van der Waals surface area contributed by atoms with Crippen LogP contribution < -0.4 is 21.3 Å². The van der Waals surface area contributed by atoms with Crippen LogP contribution in [0.25, 0.3) is 11.3 Å². The van der Waals surface area contributed by atoms with Gasteiger partial charge in [-0.15, -0.1) is 0 Å². The minimum atomic E-state index is -0.317. The summed E-state index contributed by atoms with van der Waals surface area (Å²) in [5, 5.41) is 11.9. The van der Waals surface area contributed by atoms with Crippen LogP contribution in [0, 0.1) is 0 Å². The lowest BCUT2D eigenvalue weighted by atomic mass is 10.2. The molecule has 2 heterocycles. The summed E-state index contributed by atoms with van der Waals surface area (Å²) in [6.07, 6.45) is 3.07. The number of carbonyl (C=O) groups is 2. The second kappa shape index (κ2) is 8.57. The van der Waals surface area contributed by atoms with Crippen LogP contribution in [0.1, 0.15) is 0 Å². The van der Waals surface area contributed by atoms with Crippen molar-refractivity contribution in [2.24, 2.45) is 0 Å². The highest BCUT2D eigenvalue weighted by molar-refractivity contribution is 6.30. The Morgan fingerprint density at radius 3 is 2.64 bits per heavy atom. The maximum atomic E-state index is 12.5. The molecule has 4 N–H and O–H groups in total. The van der Waals surface area contributed by atoms with E-state index in [4.69, 9.17) is 11.6 Å². The normalized spacial score (nSPS) is 13.2. The van der Waals surface area contributed by atoms with Gasteiger partial charge in [-0.2, -0.15) is 0 Å². The van der Waals surface area contributed by atoms with Gasteiger partial charge in [0, 0.05) is 24.7 Å². The Morgan fingerprint density at radius 2 is 1.96 bits per heavy atom. The first-order valence-corrected chi connectivity index (χ1v) is 8.90. The average Bonchev–Trinajstić information content (AvgIpc) is 3.10. The molecule has 1 aliphatic heterocycles. The summed E-state index contributed by atoms with van der Waals surface area (Å²) < 4.78 is 0. The molecule has 2 amide bonds. The Labute approximate surface area is 167 Å². The highest BCUT2D eigenvalue weighted by Crippen LogP contribution is 2.20. The summed E-state index contributed by atoms with van der Waals surface area (Å²) in [5.41, 5.74) is 1.82. The number of nitrogens with zero attached hydrogens (tertiary/aromatic N) is 3. The van der Waals surface area contributed by atoms with Gasteiger partial charge in [-0.1, -0.05) is 23.7 Å². The van der Waals surface area contributed by atoms with E-state index in [1.807, 2.05) is 12.1 Å². The van der Waals surface area contributed by atoms with Crippen molar-refractivity contribution in [3.05, 3.63) is 53.2 Å². The first kappa shape index (κ1) is 19.4. The van der Waals surface area contributed by atoms with Gasteiger partial charge in [0.05, 0.1) is 31.3 Å². The lowest BCUT2D eigenvalue weighted by Crippen LogP contribution is -2.37. The van der Waals surface area contributed by atoms with Crippen LogP contribution >= 0.6 is 11.6 Å². The molecule has 0 saturated carbocycles. The zero-order chi connectivity index (χ0) is 20.1. The van der Waals surface area contributed by atoms with Crippen molar-refractivity contribution in [1.82, 2.24) is 30.8 Å². The van der Waals surface area contributed by atoms with Gasteiger partial charge in [0.25, 0.3) is 5.91 Å². The van der Waals surface area contributed by atoms with E-state index >= 15 is 0 Å². The number of halogens is 1. The highest BCUT2D eigenvalue weighted by Gasteiger charge is 2.28. The zero-order valence-corrected chi connectivity index (χ0v) is 16.2. The number of aromatic nitrogens is 2. The summed E-state index contributed by atoms with van der Waals surface area (Å²) in [5.74, 6) is 0.287. The molecule has 0 radical (unpaired) electrons. The van der Waals surface area contributed by atoms with E-state index < -0.39 is 0 Å². The van der Waals surface area contributed by atoms with Crippen LogP contribution in [-0.4, -0.2) is 54.0 Å². The summed E-state index contributed by atoms with van der Waals surface area (Å²) in [6, 6.07) is 7.17. The fraction of sp³-hybridized carbons (Fsp3) is 0.222. The standard InChI is InChI=1S/C18H20ClN7O2/c1-20-17-16(18(28)21-2)26(10-23-17)9-15(27)25-14-8-22-7-13(24-14)11-3-5-12(19)6-4-11/h3-8,20,23H,9-10H2,1-2H3,(H,21,28)(H,24,25,27). The summed E-state index contributed by atoms with van der Waals surface area (Å²) in [4.78, 5) is 34.8. The molecule has 0 fully saturated rings. The minimum Gasteiger partial charge on any atom is -0.373 e. The quantitative estimate of drug-likeness (QED) is 0.564. The molecule has 0 unspecified atom stereocenters. The molecular formula is C18H20ClN7O2. The maximum Gasteiger partial charge on any atom is 0.271 e. The van der Waals surface area contributed by atoms with Gasteiger partial charge in [-0.3, -0.25) is 14.6 Å². The predicted octanol–water partition coefficient (Wildman–Crippen LogP) is 0.733. The number of hydrogen-bond donors (Lipinski definition) is 4. The Kier molecular flexibility index (Phi) is 5.95. The molecule has 1 aromatic heterocycles. The fourth-order valence-electron chi connectivity index (χ4n) is 2.75. The number of nitrogens with one attached hydrogen (secondary N) is 4. The lowest BCUT2D eigenvalue weighted by molar-refractivity contribution is -0.119. The Morgan fingerprint density at radius 1 is 1.21 bits per heavy atom. The summed E-state index contributed by atoms with van der Waals surface area (Å²) in [6.45, 7) is 0.316. The van der Waals surface area contributed by atoms with Crippen molar-refractivity contribution in [3.8, 4) is 11.3 Å². The molecule has 3 rings (SSSR count). The number of hydrogen-bond acceptors (Lipinski definition) is 7. The van der Waals surface area contributed by atoms with Gasteiger partial charge < -0.3 is 26.2 Å². The third kappa shape index (κ3) is 4.32. The van der Waals surface area contributed by atoms with Gasteiger partial charge in [0.1, 0.15) is 11.5 Å². The molecule has 0 aliphatic carbocycles. The van der Waals surface area contributed by atoms with E-state index in [9.17, 15) is 9.59 Å². The molecule has 2 aromatic rings. The number of rotatable bonds is 6. The first-order valence-electron chi connectivity index (χ1n) is 8.52. The van der Waals surface area contributed by atoms with Crippen molar-refractivity contribution in [2.75, 3.05) is 32.6 Å². The third-order valence-corrected chi connectivity index (χ3v) is 4.32. The van der Waals surface area contributed by atoms with Gasteiger partial charge >= 0.3 is 0 Å². The van der Waals surface area contributed by atoms with E-state index in [0.717, 1.165) is 5.56 Å². The van der Waals surface area contributed by atoms with Gasteiger partial charge in [0.15, 0.2) is 5.82 Å². The molecule has 0 atom stereocenters. The number of carbonyl (C=O) groups excluding carboxylic acids is 2.